The van der Waals surface area contributed by atoms with E-state index in [0.29, 0.717) is 12.3 Å². The summed E-state index contributed by atoms with van der Waals surface area (Å²) in [6, 6.07) is 13.4. The standard InChI is InChI=1S/C16H19NO3S/c1-20-14-5-2-6-16(12-14)21(18,19)15-9-7-13(8-10-15)4-3-11-17/h2,5-10,12H,3-4,11,17H2,1H3. The number of sulfone groups is 1. The van der Waals surface area contributed by atoms with Crippen molar-refractivity contribution in [1.29, 1.82) is 0 Å². The third-order valence-corrected chi connectivity index (χ3v) is 5.02. The molecular formula is C16H19NO3S. The van der Waals surface area contributed by atoms with Crippen LogP contribution < -0.4 is 10.5 Å². The third kappa shape index (κ3) is 3.62. The molecule has 2 rings (SSSR count). The van der Waals surface area contributed by atoms with Gasteiger partial charge < -0.3 is 10.5 Å². The molecule has 0 saturated carbocycles. The monoisotopic (exact) mass is 305 g/mol. The Kier molecular flexibility index (Phi) is 4.98. The van der Waals surface area contributed by atoms with Gasteiger partial charge in [-0.1, -0.05) is 18.2 Å². The van der Waals surface area contributed by atoms with Crippen LogP contribution in [0, 0.1) is 0 Å². The first-order chi connectivity index (χ1) is 10.1. The quantitative estimate of drug-likeness (QED) is 0.890. The Balaban J connectivity index is 2.30. The molecule has 0 aromatic heterocycles. The van der Waals surface area contributed by atoms with Crippen molar-refractivity contribution in [2.24, 2.45) is 5.73 Å². The summed E-state index contributed by atoms with van der Waals surface area (Å²) >= 11 is 0. The van der Waals surface area contributed by atoms with Crippen molar-refractivity contribution in [3.05, 3.63) is 54.1 Å². The van der Waals surface area contributed by atoms with Crippen LogP contribution in [0.2, 0.25) is 0 Å². The molecule has 0 heterocycles. The van der Waals surface area contributed by atoms with Crippen LogP contribution >= 0.6 is 0 Å². The molecule has 0 atom stereocenters. The van der Waals surface area contributed by atoms with Crippen molar-refractivity contribution >= 4 is 9.84 Å². The number of hydrogen-bond donors (Lipinski definition) is 1. The summed E-state index contributed by atoms with van der Waals surface area (Å²) in [5.74, 6) is 0.524. The number of ether oxygens (including phenoxy) is 1. The zero-order chi connectivity index (χ0) is 15.3. The maximum Gasteiger partial charge on any atom is 0.206 e. The summed E-state index contributed by atoms with van der Waals surface area (Å²) in [6.45, 7) is 0.629. The van der Waals surface area contributed by atoms with Crippen molar-refractivity contribution in [2.45, 2.75) is 22.6 Å². The van der Waals surface area contributed by atoms with Gasteiger partial charge in [-0.2, -0.15) is 0 Å². The summed E-state index contributed by atoms with van der Waals surface area (Å²) in [5, 5.41) is 0. The Labute approximate surface area is 125 Å². The lowest BCUT2D eigenvalue weighted by Gasteiger charge is -2.07. The lowest BCUT2D eigenvalue weighted by Crippen LogP contribution is -2.03. The smallest absolute Gasteiger partial charge is 0.206 e. The molecule has 0 spiro atoms. The zero-order valence-electron chi connectivity index (χ0n) is 12.0. The van der Waals surface area contributed by atoms with Gasteiger partial charge in [-0.05, 0) is 55.3 Å². The summed E-state index contributed by atoms with van der Waals surface area (Å²) in [4.78, 5) is 0.517. The van der Waals surface area contributed by atoms with Crippen LogP contribution in [0.5, 0.6) is 5.75 Å². The largest absolute Gasteiger partial charge is 0.497 e. The molecule has 0 unspecified atom stereocenters. The second kappa shape index (κ2) is 6.74. The van der Waals surface area contributed by atoms with Gasteiger partial charge in [0.15, 0.2) is 0 Å². The molecule has 0 aliphatic rings. The Hall–Kier alpha value is -1.85. The Bertz CT molecular complexity index is 694. The van der Waals surface area contributed by atoms with Gasteiger partial charge in [0, 0.05) is 0 Å². The summed E-state index contributed by atoms with van der Waals surface area (Å²) in [7, 11) is -2.00. The van der Waals surface area contributed by atoms with E-state index in [1.165, 1.54) is 13.2 Å². The van der Waals surface area contributed by atoms with Crippen LogP contribution in [0.1, 0.15) is 12.0 Å². The van der Waals surface area contributed by atoms with Gasteiger partial charge >= 0.3 is 0 Å². The van der Waals surface area contributed by atoms with Gasteiger partial charge in [0.05, 0.1) is 16.9 Å². The van der Waals surface area contributed by atoms with E-state index in [0.717, 1.165) is 18.4 Å². The third-order valence-electron chi connectivity index (χ3n) is 3.25. The highest BCUT2D eigenvalue weighted by Crippen LogP contribution is 2.24. The summed E-state index contributed by atoms with van der Waals surface area (Å²) in [6.07, 6.45) is 1.75. The molecule has 0 saturated heterocycles. The zero-order valence-corrected chi connectivity index (χ0v) is 12.8. The highest BCUT2D eigenvalue weighted by atomic mass is 32.2. The second-order valence-corrected chi connectivity index (χ2v) is 6.67. The second-order valence-electron chi connectivity index (χ2n) is 4.72. The van der Waals surface area contributed by atoms with Crippen LogP contribution in [0.4, 0.5) is 0 Å². The molecule has 0 radical (unpaired) electrons. The van der Waals surface area contributed by atoms with E-state index in [1.807, 2.05) is 12.1 Å². The minimum Gasteiger partial charge on any atom is -0.497 e. The SMILES string of the molecule is COc1cccc(S(=O)(=O)c2ccc(CCCN)cc2)c1. The molecule has 112 valence electrons. The van der Waals surface area contributed by atoms with E-state index >= 15 is 0 Å². The number of hydrogen-bond acceptors (Lipinski definition) is 4. The van der Waals surface area contributed by atoms with Crippen LogP contribution in [0.3, 0.4) is 0 Å². The van der Waals surface area contributed by atoms with E-state index in [4.69, 9.17) is 10.5 Å². The highest BCUT2D eigenvalue weighted by molar-refractivity contribution is 7.91. The van der Waals surface area contributed by atoms with E-state index in [1.54, 1.807) is 30.3 Å². The van der Waals surface area contributed by atoms with E-state index < -0.39 is 9.84 Å². The number of nitrogens with two attached hydrogens (primary N) is 1. The molecular weight excluding hydrogens is 286 g/mol. The Morgan fingerprint density at radius 1 is 1.05 bits per heavy atom. The van der Waals surface area contributed by atoms with Crippen molar-refractivity contribution in [1.82, 2.24) is 0 Å². The van der Waals surface area contributed by atoms with Gasteiger partial charge in [0.2, 0.25) is 9.84 Å². The van der Waals surface area contributed by atoms with Gasteiger partial charge in [-0.15, -0.1) is 0 Å². The highest BCUT2D eigenvalue weighted by Gasteiger charge is 2.17. The van der Waals surface area contributed by atoms with Crippen LogP contribution in [0.15, 0.2) is 58.3 Å². The fraction of sp³-hybridized carbons (Fsp3) is 0.250. The molecule has 2 aromatic carbocycles. The first-order valence-corrected chi connectivity index (χ1v) is 8.24. The number of rotatable bonds is 6. The average molecular weight is 305 g/mol. The van der Waals surface area contributed by atoms with Gasteiger partial charge in [0.25, 0.3) is 0 Å². The van der Waals surface area contributed by atoms with Crippen LogP contribution in [0.25, 0.3) is 0 Å². The average Bonchev–Trinajstić information content (AvgIpc) is 2.53. The van der Waals surface area contributed by atoms with Gasteiger partial charge in [0.1, 0.15) is 5.75 Å². The molecule has 0 amide bonds. The molecule has 4 nitrogen and oxygen atoms in total. The van der Waals surface area contributed by atoms with Gasteiger partial charge in [-0.3, -0.25) is 0 Å². The lowest BCUT2D eigenvalue weighted by molar-refractivity contribution is 0.413. The van der Waals surface area contributed by atoms with Crippen molar-refractivity contribution in [3.8, 4) is 5.75 Å². The van der Waals surface area contributed by atoms with Crippen LogP contribution in [-0.2, 0) is 16.3 Å². The number of benzene rings is 2. The van der Waals surface area contributed by atoms with E-state index in [9.17, 15) is 8.42 Å². The van der Waals surface area contributed by atoms with Gasteiger partial charge in [-0.25, -0.2) is 8.42 Å². The Morgan fingerprint density at radius 2 is 1.76 bits per heavy atom. The predicted molar refractivity (Wildman–Crippen MR) is 82.3 cm³/mol. The van der Waals surface area contributed by atoms with E-state index in [2.05, 4.69) is 0 Å². The summed E-state index contributed by atoms with van der Waals surface area (Å²) < 4.78 is 30.2. The molecule has 21 heavy (non-hydrogen) atoms. The number of methoxy groups -OCH3 is 1. The molecule has 0 fully saturated rings. The van der Waals surface area contributed by atoms with Crippen LogP contribution in [-0.4, -0.2) is 22.1 Å². The molecule has 0 aliphatic carbocycles. The maximum absolute atomic E-state index is 12.6. The molecule has 0 bridgehead atoms. The minimum atomic E-state index is -3.51. The fourth-order valence-electron chi connectivity index (χ4n) is 2.05. The van der Waals surface area contributed by atoms with Crippen molar-refractivity contribution in [3.63, 3.8) is 0 Å². The molecule has 0 aliphatic heterocycles. The van der Waals surface area contributed by atoms with E-state index in [-0.39, 0.29) is 9.79 Å². The lowest BCUT2D eigenvalue weighted by atomic mass is 10.1. The van der Waals surface area contributed by atoms with Crippen molar-refractivity contribution < 1.29 is 13.2 Å². The molecule has 5 heteroatoms. The maximum atomic E-state index is 12.6. The Morgan fingerprint density at radius 3 is 2.38 bits per heavy atom. The predicted octanol–water partition coefficient (Wildman–Crippen LogP) is 2.42. The fourth-order valence-corrected chi connectivity index (χ4v) is 3.34. The number of aryl methyl sites for hydroxylation is 1. The first-order valence-electron chi connectivity index (χ1n) is 6.76. The molecule has 2 N–H and O–H groups in total. The topological polar surface area (TPSA) is 69.4 Å². The summed E-state index contributed by atoms with van der Waals surface area (Å²) in [5.41, 5.74) is 6.56. The minimum absolute atomic E-state index is 0.233. The van der Waals surface area contributed by atoms with Crippen molar-refractivity contribution in [2.75, 3.05) is 13.7 Å². The first kappa shape index (κ1) is 15.5. The normalized spacial score (nSPS) is 11.3. The molecule has 2 aromatic rings.